The van der Waals surface area contributed by atoms with Gasteiger partial charge in [0.15, 0.2) is 0 Å². The number of benzene rings is 3. The molecule has 3 aromatic carbocycles. The van der Waals surface area contributed by atoms with E-state index in [2.05, 4.69) is 5.32 Å². The van der Waals surface area contributed by atoms with E-state index in [0.717, 1.165) is 22.8 Å². The molecular formula is C22H24N2O4S. The molecule has 0 fully saturated rings. The topological polar surface area (TPSA) is 75.7 Å². The van der Waals surface area contributed by atoms with Crippen LogP contribution in [0.15, 0.2) is 60.7 Å². The summed E-state index contributed by atoms with van der Waals surface area (Å²) in [7, 11) is -1.87. The van der Waals surface area contributed by atoms with Crippen molar-refractivity contribution in [2.45, 2.75) is 6.92 Å². The second-order valence-corrected chi connectivity index (χ2v) is 8.86. The maximum absolute atomic E-state index is 12.4. The molecule has 3 aromatic rings. The first-order valence-electron chi connectivity index (χ1n) is 9.20. The third-order valence-electron chi connectivity index (χ3n) is 4.67. The van der Waals surface area contributed by atoms with Crippen molar-refractivity contribution in [2.24, 2.45) is 0 Å². The molecule has 0 saturated heterocycles. The van der Waals surface area contributed by atoms with Crippen molar-refractivity contribution in [2.75, 3.05) is 30.8 Å². The number of amides is 1. The summed E-state index contributed by atoms with van der Waals surface area (Å²) in [5.74, 6) is 0.519. The highest BCUT2D eigenvalue weighted by Crippen LogP contribution is 2.22. The maximum Gasteiger partial charge on any atom is 0.251 e. The first kappa shape index (κ1) is 20.7. The van der Waals surface area contributed by atoms with Crippen LogP contribution in [0.4, 0.5) is 5.69 Å². The number of carbonyl (C=O) groups is 1. The number of anilines is 1. The van der Waals surface area contributed by atoms with Gasteiger partial charge in [0.1, 0.15) is 12.4 Å². The molecule has 1 N–H and O–H groups in total. The molecule has 1 amide bonds. The van der Waals surface area contributed by atoms with E-state index in [0.29, 0.717) is 30.0 Å². The molecule has 0 aliphatic rings. The van der Waals surface area contributed by atoms with E-state index in [1.165, 1.54) is 11.4 Å². The number of rotatable bonds is 7. The highest BCUT2D eigenvalue weighted by Gasteiger charge is 2.15. The lowest BCUT2D eigenvalue weighted by Gasteiger charge is -2.19. The van der Waals surface area contributed by atoms with Gasteiger partial charge in [-0.15, -0.1) is 0 Å². The van der Waals surface area contributed by atoms with Crippen molar-refractivity contribution in [3.05, 3.63) is 71.8 Å². The van der Waals surface area contributed by atoms with E-state index >= 15 is 0 Å². The monoisotopic (exact) mass is 412 g/mol. The summed E-state index contributed by atoms with van der Waals surface area (Å²) in [6, 6.07) is 18.8. The number of fused-ring (bicyclic) bond motifs is 1. The minimum atomic E-state index is -3.35. The van der Waals surface area contributed by atoms with E-state index < -0.39 is 10.0 Å². The molecule has 152 valence electrons. The fourth-order valence-electron chi connectivity index (χ4n) is 3.02. The number of nitrogens with zero attached hydrogens (tertiary/aromatic N) is 1. The molecule has 0 bridgehead atoms. The van der Waals surface area contributed by atoms with Crippen molar-refractivity contribution in [1.82, 2.24) is 5.32 Å². The zero-order valence-corrected chi connectivity index (χ0v) is 17.5. The average Bonchev–Trinajstić information content (AvgIpc) is 2.69. The molecule has 0 heterocycles. The predicted molar refractivity (Wildman–Crippen MR) is 116 cm³/mol. The zero-order valence-electron chi connectivity index (χ0n) is 16.7. The normalized spacial score (nSPS) is 11.3. The van der Waals surface area contributed by atoms with Crippen LogP contribution in [0.3, 0.4) is 0 Å². The van der Waals surface area contributed by atoms with Crippen LogP contribution in [0.2, 0.25) is 0 Å². The summed E-state index contributed by atoms with van der Waals surface area (Å²) < 4.78 is 30.3. The van der Waals surface area contributed by atoms with Crippen LogP contribution in [0, 0.1) is 6.92 Å². The minimum Gasteiger partial charge on any atom is -0.492 e. The SMILES string of the molecule is Cc1cc(C(=O)NCCOc2ccc3ccccc3c2)ccc1N(C)S(C)(=O)=O. The van der Waals surface area contributed by atoms with Gasteiger partial charge in [0.05, 0.1) is 18.5 Å². The fourth-order valence-corrected chi connectivity index (χ4v) is 3.58. The van der Waals surface area contributed by atoms with Crippen LogP contribution in [0.1, 0.15) is 15.9 Å². The van der Waals surface area contributed by atoms with Crippen LogP contribution in [-0.2, 0) is 10.0 Å². The molecule has 3 rings (SSSR count). The first-order chi connectivity index (χ1) is 13.8. The van der Waals surface area contributed by atoms with Gasteiger partial charge in [-0.05, 0) is 53.6 Å². The summed E-state index contributed by atoms with van der Waals surface area (Å²) in [4.78, 5) is 12.4. The van der Waals surface area contributed by atoms with Crippen molar-refractivity contribution in [3.63, 3.8) is 0 Å². The van der Waals surface area contributed by atoms with Gasteiger partial charge < -0.3 is 10.1 Å². The summed E-state index contributed by atoms with van der Waals surface area (Å²) >= 11 is 0. The van der Waals surface area contributed by atoms with Crippen LogP contribution >= 0.6 is 0 Å². The van der Waals surface area contributed by atoms with E-state index in [1.54, 1.807) is 25.1 Å². The van der Waals surface area contributed by atoms with Crippen molar-refractivity contribution in [3.8, 4) is 5.75 Å². The van der Waals surface area contributed by atoms with Crippen LogP contribution in [0.25, 0.3) is 10.8 Å². The van der Waals surface area contributed by atoms with Gasteiger partial charge in [0.2, 0.25) is 10.0 Å². The van der Waals surface area contributed by atoms with Gasteiger partial charge in [-0.1, -0.05) is 30.3 Å². The van der Waals surface area contributed by atoms with Crippen LogP contribution in [0.5, 0.6) is 5.75 Å². The molecule has 0 radical (unpaired) electrons. The van der Waals surface area contributed by atoms with Crippen molar-refractivity contribution >= 4 is 32.4 Å². The zero-order chi connectivity index (χ0) is 21.0. The van der Waals surface area contributed by atoms with Crippen molar-refractivity contribution in [1.29, 1.82) is 0 Å². The number of hydrogen-bond acceptors (Lipinski definition) is 4. The van der Waals surface area contributed by atoms with E-state index in [9.17, 15) is 13.2 Å². The molecule has 0 aliphatic carbocycles. The largest absolute Gasteiger partial charge is 0.492 e. The molecule has 0 aromatic heterocycles. The Morgan fingerprint density at radius 1 is 1.03 bits per heavy atom. The summed E-state index contributed by atoms with van der Waals surface area (Å²) in [5.41, 5.74) is 1.72. The number of nitrogens with one attached hydrogen (secondary N) is 1. The number of carbonyl (C=O) groups excluding carboxylic acids is 1. The highest BCUT2D eigenvalue weighted by atomic mass is 32.2. The molecular weight excluding hydrogens is 388 g/mol. The number of ether oxygens (including phenoxy) is 1. The second kappa shape index (κ2) is 8.53. The van der Waals surface area contributed by atoms with E-state index in [-0.39, 0.29) is 5.91 Å². The Kier molecular flexibility index (Phi) is 6.08. The second-order valence-electron chi connectivity index (χ2n) is 6.85. The molecule has 0 unspecified atom stereocenters. The Morgan fingerprint density at radius 2 is 1.76 bits per heavy atom. The lowest BCUT2D eigenvalue weighted by atomic mass is 10.1. The summed E-state index contributed by atoms with van der Waals surface area (Å²) in [6.07, 6.45) is 1.14. The third kappa shape index (κ3) is 5.06. The Labute approximate surface area is 171 Å². The number of aryl methyl sites for hydroxylation is 1. The Hall–Kier alpha value is -3.06. The van der Waals surface area contributed by atoms with E-state index in [4.69, 9.17) is 4.74 Å². The summed E-state index contributed by atoms with van der Waals surface area (Å²) in [6.45, 7) is 2.48. The molecule has 0 atom stereocenters. The predicted octanol–water partition coefficient (Wildman–Crippen LogP) is 3.35. The number of hydrogen-bond donors (Lipinski definition) is 1. The number of sulfonamides is 1. The first-order valence-corrected chi connectivity index (χ1v) is 11.0. The Bertz CT molecular complexity index is 1140. The quantitative estimate of drug-likeness (QED) is 0.604. The lowest BCUT2D eigenvalue weighted by Crippen LogP contribution is -2.29. The summed E-state index contributed by atoms with van der Waals surface area (Å²) in [5, 5.41) is 5.06. The van der Waals surface area contributed by atoms with Gasteiger partial charge in [-0.25, -0.2) is 8.42 Å². The molecule has 29 heavy (non-hydrogen) atoms. The van der Waals surface area contributed by atoms with Gasteiger partial charge in [0, 0.05) is 12.6 Å². The average molecular weight is 413 g/mol. The van der Waals surface area contributed by atoms with Gasteiger partial charge in [-0.3, -0.25) is 9.10 Å². The third-order valence-corrected chi connectivity index (χ3v) is 5.86. The Balaban J connectivity index is 1.55. The standard InChI is InChI=1S/C22H24N2O4S/c1-16-14-19(9-11-21(16)24(2)29(3,26)27)22(25)23-12-13-28-20-10-8-17-6-4-5-7-18(17)15-20/h4-11,14-15H,12-13H2,1-3H3,(H,23,25). The van der Waals surface area contributed by atoms with Gasteiger partial charge in [-0.2, -0.15) is 0 Å². The van der Waals surface area contributed by atoms with Crippen LogP contribution in [-0.4, -0.2) is 40.8 Å². The molecule has 7 heteroatoms. The molecule has 0 spiro atoms. The molecule has 6 nitrogen and oxygen atoms in total. The maximum atomic E-state index is 12.4. The molecule has 0 saturated carbocycles. The minimum absolute atomic E-state index is 0.233. The smallest absolute Gasteiger partial charge is 0.251 e. The lowest BCUT2D eigenvalue weighted by molar-refractivity contribution is 0.0947. The van der Waals surface area contributed by atoms with Crippen molar-refractivity contribution < 1.29 is 17.9 Å². The fraction of sp³-hybridized carbons (Fsp3) is 0.227. The highest BCUT2D eigenvalue weighted by molar-refractivity contribution is 7.92. The van der Waals surface area contributed by atoms with E-state index in [1.807, 2.05) is 42.5 Å². The Morgan fingerprint density at radius 3 is 2.45 bits per heavy atom. The van der Waals surface area contributed by atoms with Crippen LogP contribution < -0.4 is 14.4 Å². The molecule has 0 aliphatic heterocycles. The van der Waals surface area contributed by atoms with Gasteiger partial charge >= 0.3 is 0 Å². The van der Waals surface area contributed by atoms with Gasteiger partial charge in [0.25, 0.3) is 5.91 Å².